The van der Waals surface area contributed by atoms with Crippen molar-refractivity contribution < 1.29 is 18.8 Å². The summed E-state index contributed by atoms with van der Waals surface area (Å²) in [5.41, 5.74) is 0.0107. The second kappa shape index (κ2) is 5.86. The molecule has 7 nitrogen and oxygen atoms in total. The van der Waals surface area contributed by atoms with Gasteiger partial charge in [0.1, 0.15) is 11.6 Å². The maximum absolute atomic E-state index is 12.3. The number of carbonyl (C=O) groups is 2. The number of likely N-dealkylation sites (tertiary alicyclic amines) is 1. The van der Waals surface area contributed by atoms with Gasteiger partial charge in [-0.05, 0) is 27.2 Å². The van der Waals surface area contributed by atoms with Gasteiger partial charge in [0.05, 0.1) is 5.69 Å². The summed E-state index contributed by atoms with van der Waals surface area (Å²) >= 11 is 0. The van der Waals surface area contributed by atoms with E-state index in [1.807, 2.05) is 20.8 Å². The van der Waals surface area contributed by atoms with Crippen LogP contribution in [0.5, 0.6) is 0 Å². The Morgan fingerprint density at radius 3 is 2.39 bits per heavy atom. The highest BCUT2D eigenvalue weighted by atomic mass is 16.6. The monoisotopic (exact) mass is 323 g/mol. The molecule has 2 heterocycles. The van der Waals surface area contributed by atoms with Crippen molar-refractivity contribution >= 4 is 17.9 Å². The molecule has 1 aromatic rings. The number of anilines is 1. The SMILES string of the molecule is CC(C)(C)OC(=O)N1CC[C@H]1C(=O)Nc1cc(C(C)(C)C)no1. The van der Waals surface area contributed by atoms with Gasteiger partial charge in [0.25, 0.3) is 0 Å². The topological polar surface area (TPSA) is 84.7 Å². The third-order valence-electron chi connectivity index (χ3n) is 3.48. The Kier molecular flexibility index (Phi) is 4.41. The van der Waals surface area contributed by atoms with E-state index in [4.69, 9.17) is 9.26 Å². The van der Waals surface area contributed by atoms with E-state index in [-0.39, 0.29) is 17.2 Å². The first-order valence-electron chi connectivity index (χ1n) is 7.75. The van der Waals surface area contributed by atoms with Gasteiger partial charge in [0.2, 0.25) is 11.8 Å². The van der Waals surface area contributed by atoms with E-state index in [2.05, 4.69) is 10.5 Å². The third kappa shape index (κ3) is 4.24. The van der Waals surface area contributed by atoms with Crippen LogP contribution in [0.3, 0.4) is 0 Å². The Bertz CT molecular complexity index is 595. The predicted molar refractivity (Wildman–Crippen MR) is 85.2 cm³/mol. The minimum absolute atomic E-state index is 0.161. The fraction of sp³-hybridized carbons (Fsp3) is 0.688. The lowest BCUT2D eigenvalue weighted by molar-refractivity contribution is -0.125. The van der Waals surface area contributed by atoms with Crippen LogP contribution in [-0.4, -0.2) is 40.2 Å². The molecule has 2 rings (SSSR count). The van der Waals surface area contributed by atoms with Gasteiger partial charge in [-0.2, -0.15) is 0 Å². The second-order valence-electron chi connectivity index (χ2n) is 7.79. The molecule has 0 saturated carbocycles. The number of hydrogen-bond acceptors (Lipinski definition) is 5. The van der Waals surface area contributed by atoms with Crippen molar-refractivity contribution in [2.45, 2.75) is 65.0 Å². The molecule has 1 N–H and O–H groups in total. The molecule has 1 atom stereocenters. The number of rotatable bonds is 2. The van der Waals surface area contributed by atoms with Crippen LogP contribution in [0, 0.1) is 0 Å². The maximum atomic E-state index is 12.3. The van der Waals surface area contributed by atoms with E-state index in [0.29, 0.717) is 13.0 Å². The van der Waals surface area contributed by atoms with Crippen LogP contribution in [0.4, 0.5) is 10.7 Å². The highest BCUT2D eigenvalue weighted by Crippen LogP contribution is 2.26. The van der Waals surface area contributed by atoms with Gasteiger partial charge in [-0.15, -0.1) is 0 Å². The molecule has 1 saturated heterocycles. The number of nitrogens with zero attached hydrogens (tertiary/aromatic N) is 2. The smallest absolute Gasteiger partial charge is 0.410 e. The average Bonchev–Trinajstić information content (AvgIpc) is 2.72. The van der Waals surface area contributed by atoms with Crippen molar-refractivity contribution in [3.8, 4) is 0 Å². The lowest BCUT2D eigenvalue weighted by Gasteiger charge is -2.39. The molecule has 1 aliphatic rings. The van der Waals surface area contributed by atoms with Crippen LogP contribution in [-0.2, 0) is 14.9 Å². The van der Waals surface area contributed by atoms with Crippen LogP contribution in [0.1, 0.15) is 53.7 Å². The third-order valence-corrected chi connectivity index (χ3v) is 3.48. The van der Waals surface area contributed by atoms with Gasteiger partial charge in [0.15, 0.2) is 0 Å². The zero-order chi connectivity index (χ0) is 17.4. The van der Waals surface area contributed by atoms with Crippen LogP contribution in [0.15, 0.2) is 10.6 Å². The predicted octanol–water partition coefficient (Wildman–Crippen LogP) is 2.92. The Balaban J connectivity index is 1.96. The van der Waals surface area contributed by atoms with E-state index in [1.165, 1.54) is 4.90 Å². The first-order chi connectivity index (χ1) is 10.5. The van der Waals surface area contributed by atoms with Gasteiger partial charge >= 0.3 is 6.09 Å². The molecule has 0 spiro atoms. The first-order valence-corrected chi connectivity index (χ1v) is 7.75. The van der Waals surface area contributed by atoms with Crippen LogP contribution in [0.2, 0.25) is 0 Å². The number of carbonyl (C=O) groups excluding carboxylic acids is 2. The van der Waals surface area contributed by atoms with Crippen molar-refractivity contribution in [3.05, 3.63) is 11.8 Å². The van der Waals surface area contributed by atoms with Gasteiger partial charge < -0.3 is 9.26 Å². The van der Waals surface area contributed by atoms with Crippen molar-refractivity contribution in [1.29, 1.82) is 0 Å². The van der Waals surface area contributed by atoms with Crippen molar-refractivity contribution in [1.82, 2.24) is 10.1 Å². The molecule has 1 aliphatic heterocycles. The summed E-state index contributed by atoms with van der Waals surface area (Å²) in [7, 11) is 0. The lowest BCUT2D eigenvalue weighted by atomic mass is 9.92. The molecule has 7 heteroatoms. The number of amides is 2. The highest BCUT2D eigenvalue weighted by molar-refractivity contribution is 5.96. The minimum Gasteiger partial charge on any atom is -0.444 e. The van der Waals surface area contributed by atoms with Crippen molar-refractivity contribution in [2.24, 2.45) is 0 Å². The summed E-state index contributed by atoms with van der Waals surface area (Å²) in [6.07, 6.45) is 0.127. The summed E-state index contributed by atoms with van der Waals surface area (Å²) in [5, 5.41) is 6.62. The zero-order valence-electron chi connectivity index (χ0n) is 14.6. The van der Waals surface area contributed by atoms with Gasteiger partial charge in [-0.25, -0.2) is 4.79 Å². The normalized spacial score (nSPS) is 18.3. The van der Waals surface area contributed by atoms with Crippen LogP contribution >= 0.6 is 0 Å². The fourth-order valence-corrected chi connectivity index (χ4v) is 2.09. The van der Waals surface area contributed by atoms with E-state index >= 15 is 0 Å². The molecular formula is C16H25N3O4. The number of ether oxygens (including phenoxy) is 1. The van der Waals surface area contributed by atoms with Gasteiger partial charge in [0, 0.05) is 18.0 Å². The van der Waals surface area contributed by atoms with Crippen LogP contribution < -0.4 is 5.32 Å². The molecule has 1 aromatic heterocycles. The molecule has 128 valence electrons. The van der Waals surface area contributed by atoms with Gasteiger partial charge in [-0.3, -0.25) is 15.0 Å². The molecular weight excluding hydrogens is 298 g/mol. The summed E-state index contributed by atoms with van der Waals surface area (Å²) in [5.74, 6) is -0.00492. The average molecular weight is 323 g/mol. The summed E-state index contributed by atoms with van der Waals surface area (Å²) in [6, 6.07) is 1.17. The molecule has 0 bridgehead atoms. The molecule has 2 amide bonds. The number of nitrogens with one attached hydrogen (secondary N) is 1. The fourth-order valence-electron chi connectivity index (χ4n) is 2.09. The van der Waals surface area contributed by atoms with Crippen LogP contribution in [0.25, 0.3) is 0 Å². The first kappa shape index (κ1) is 17.3. The lowest BCUT2D eigenvalue weighted by Crippen LogP contribution is -2.57. The minimum atomic E-state index is -0.583. The molecule has 1 fully saturated rings. The quantitative estimate of drug-likeness (QED) is 0.904. The summed E-state index contributed by atoms with van der Waals surface area (Å²) in [4.78, 5) is 25.7. The molecule has 0 radical (unpaired) electrons. The van der Waals surface area contributed by atoms with E-state index in [1.54, 1.807) is 26.8 Å². The molecule has 23 heavy (non-hydrogen) atoms. The largest absolute Gasteiger partial charge is 0.444 e. The molecule has 0 unspecified atom stereocenters. The Morgan fingerprint density at radius 2 is 1.96 bits per heavy atom. The summed E-state index contributed by atoms with van der Waals surface area (Å²) in [6.45, 7) is 11.9. The highest BCUT2D eigenvalue weighted by Gasteiger charge is 2.40. The van der Waals surface area contributed by atoms with E-state index in [0.717, 1.165) is 5.69 Å². The number of aromatic nitrogens is 1. The van der Waals surface area contributed by atoms with E-state index < -0.39 is 17.7 Å². The Hall–Kier alpha value is -2.05. The standard InChI is InChI=1S/C16H25N3O4/c1-15(2,3)11-9-12(23-18-11)17-13(20)10-7-8-19(10)14(21)22-16(4,5)6/h9-10H,7-8H2,1-6H3,(H,17,20)/t10-/m0/s1. The van der Waals surface area contributed by atoms with E-state index in [9.17, 15) is 9.59 Å². The molecule has 0 aliphatic carbocycles. The molecule has 0 aromatic carbocycles. The zero-order valence-corrected chi connectivity index (χ0v) is 14.6. The maximum Gasteiger partial charge on any atom is 0.410 e. The summed E-state index contributed by atoms with van der Waals surface area (Å²) < 4.78 is 10.4. The second-order valence-corrected chi connectivity index (χ2v) is 7.79. The van der Waals surface area contributed by atoms with Crippen molar-refractivity contribution in [2.75, 3.05) is 11.9 Å². The Labute approximate surface area is 136 Å². The number of hydrogen-bond donors (Lipinski definition) is 1. The van der Waals surface area contributed by atoms with Crippen molar-refractivity contribution in [3.63, 3.8) is 0 Å². The Morgan fingerprint density at radius 1 is 1.30 bits per heavy atom. The van der Waals surface area contributed by atoms with Gasteiger partial charge in [-0.1, -0.05) is 25.9 Å².